The van der Waals surface area contributed by atoms with E-state index in [1.54, 1.807) is 14.2 Å². The number of methoxy groups -OCH3 is 2. The van der Waals surface area contributed by atoms with Crippen LogP contribution in [0.4, 0.5) is 0 Å². The first kappa shape index (κ1) is 16.3. The lowest BCUT2D eigenvalue weighted by Gasteiger charge is -2.16. The molecule has 0 spiro atoms. The van der Waals surface area contributed by atoms with Crippen LogP contribution in [-0.2, 0) is 20.8 Å². The molecule has 0 heterocycles. The van der Waals surface area contributed by atoms with Gasteiger partial charge in [0.25, 0.3) is 0 Å². The van der Waals surface area contributed by atoms with E-state index >= 15 is 0 Å². The van der Waals surface area contributed by atoms with Gasteiger partial charge in [0.15, 0.2) is 0 Å². The third-order valence-electron chi connectivity index (χ3n) is 4.87. The Morgan fingerprint density at radius 1 is 0.760 bits per heavy atom. The molecule has 3 heteroatoms. The average molecular weight is 334 g/mol. The Labute approximate surface area is 147 Å². The Bertz CT molecular complexity index is 977. The minimum atomic E-state index is -0.0372. The van der Waals surface area contributed by atoms with Gasteiger partial charge in [0.2, 0.25) is 0 Å². The lowest BCUT2D eigenvalue weighted by atomic mass is 9.92. The maximum atomic E-state index is 5.91. The van der Waals surface area contributed by atoms with Crippen molar-refractivity contribution < 1.29 is 14.2 Å². The van der Waals surface area contributed by atoms with Crippen molar-refractivity contribution in [2.24, 2.45) is 0 Å². The zero-order valence-electron chi connectivity index (χ0n) is 14.6. The molecule has 0 fully saturated rings. The average Bonchev–Trinajstić information content (AvgIpc) is 2.66. The van der Waals surface area contributed by atoms with Crippen LogP contribution in [0.3, 0.4) is 0 Å². The first-order chi connectivity index (χ1) is 12.3. The topological polar surface area (TPSA) is 27.7 Å². The molecule has 0 aliphatic carbocycles. The molecule has 128 valence electrons. The first-order valence-electron chi connectivity index (χ1n) is 8.56. The number of rotatable bonds is 7. The normalized spacial score (nSPS) is 13.2. The number of hydrogen-bond acceptors (Lipinski definition) is 3. The predicted octanol–water partition coefficient (Wildman–Crippen LogP) is 4.76. The summed E-state index contributed by atoms with van der Waals surface area (Å²) in [6.45, 7) is 1.62. The second kappa shape index (κ2) is 6.96. The monoisotopic (exact) mass is 334 g/mol. The van der Waals surface area contributed by atoms with Crippen molar-refractivity contribution in [1.29, 1.82) is 0 Å². The zero-order valence-corrected chi connectivity index (χ0v) is 14.6. The number of hydrogen-bond donors (Lipinski definition) is 0. The van der Waals surface area contributed by atoms with Crippen molar-refractivity contribution in [1.82, 2.24) is 0 Å². The third-order valence-corrected chi connectivity index (χ3v) is 4.87. The summed E-state index contributed by atoms with van der Waals surface area (Å²) in [5, 5.41) is 7.78. The SMILES string of the molecule is COCC(COCc1ccc2ccc3cccc4ccc1c2c34)OC. The molecule has 1 atom stereocenters. The van der Waals surface area contributed by atoms with E-state index in [2.05, 4.69) is 54.6 Å². The van der Waals surface area contributed by atoms with Crippen LogP contribution in [0, 0.1) is 0 Å². The van der Waals surface area contributed by atoms with Crippen LogP contribution >= 0.6 is 0 Å². The highest BCUT2D eigenvalue weighted by molar-refractivity contribution is 6.23. The highest BCUT2D eigenvalue weighted by atomic mass is 16.5. The van der Waals surface area contributed by atoms with Gasteiger partial charge in [-0.1, -0.05) is 54.6 Å². The Morgan fingerprint density at radius 2 is 1.44 bits per heavy atom. The molecule has 0 aliphatic rings. The first-order valence-corrected chi connectivity index (χ1v) is 8.56. The van der Waals surface area contributed by atoms with Gasteiger partial charge >= 0.3 is 0 Å². The molecule has 0 aromatic heterocycles. The summed E-state index contributed by atoms with van der Waals surface area (Å²) in [4.78, 5) is 0. The van der Waals surface area contributed by atoms with E-state index in [1.807, 2.05) is 0 Å². The molecule has 25 heavy (non-hydrogen) atoms. The van der Waals surface area contributed by atoms with Gasteiger partial charge in [0.05, 0.1) is 19.8 Å². The fourth-order valence-electron chi connectivity index (χ4n) is 3.59. The summed E-state index contributed by atoms with van der Waals surface area (Å²) < 4.78 is 16.4. The van der Waals surface area contributed by atoms with E-state index in [1.165, 1.54) is 37.9 Å². The van der Waals surface area contributed by atoms with Crippen LogP contribution in [-0.4, -0.2) is 33.5 Å². The van der Waals surface area contributed by atoms with E-state index in [9.17, 15) is 0 Å². The molecular formula is C22H22O3. The Hall–Kier alpha value is -2.20. The molecule has 1 unspecified atom stereocenters. The Morgan fingerprint density at radius 3 is 2.16 bits per heavy atom. The van der Waals surface area contributed by atoms with E-state index in [4.69, 9.17) is 14.2 Å². The second-order valence-electron chi connectivity index (χ2n) is 6.41. The molecule has 4 aromatic rings. The van der Waals surface area contributed by atoms with Gasteiger partial charge in [-0.2, -0.15) is 0 Å². The summed E-state index contributed by atoms with van der Waals surface area (Å²) >= 11 is 0. The lowest BCUT2D eigenvalue weighted by molar-refractivity contribution is -0.0345. The minimum Gasteiger partial charge on any atom is -0.382 e. The van der Waals surface area contributed by atoms with Crippen molar-refractivity contribution in [2.75, 3.05) is 27.4 Å². The van der Waals surface area contributed by atoms with Crippen molar-refractivity contribution >= 4 is 32.3 Å². The zero-order chi connectivity index (χ0) is 17.2. The van der Waals surface area contributed by atoms with E-state index < -0.39 is 0 Å². The van der Waals surface area contributed by atoms with Gasteiger partial charge in [-0.15, -0.1) is 0 Å². The fourth-order valence-corrected chi connectivity index (χ4v) is 3.59. The van der Waals surface area contributed by atoms with Gasteiger partial charge in [-0.3, -0.25) is 0 Å². The van der Waals surface area contributed by atoms with Crippen LogP contribution in [0.1, 0.15) is 5.56 Å². The Balaban J connectivity index is 1.70. The molecule has 0 aliphatic heterocycles. The van der Waals surface area contributed by atoms with Gasteiger partial charge in [0.1, 0.15) is 6.10 Å². The van der Waals surface area contributed by atoms with E-state index in [-0.39, 0.29) is 6.10 Å². The molecule has 0 bridgehead atoms. The van der Waals surface area contributed by atoms with Crippen molar-refractivity contribution in [3.8, 4) is 0 Å². The minimum absolute atomic E-state index is 0.0372. The number of ether oxygens (including phenoxy) is 3. The van der Waals surface area contributed by atoms with Crippen molar-refractivity contribution in [2.45, 2.75) is 12.7 Å². The summed E-state index contributed by atoms with van der Waals surface area (Å²) in [6, 6.07) is 19.7. The Kier molecular flexibility index (Phi) is 4.53. The molecule has 0 amide bonds. The maximum absolute atomic E-state index is 5.91. The van der Waals surface area contributed by atoms with Crippen LogP contribution in [0.2, 0.25) is 0 Å². The molecular weight excluding hydrogens is 312 g/mol. The summed E-state index contributed by atoms with van der Waals surface area (Å²) in [7, 11) is 3.36. The standard InChI is InChI=1S/C22H22O3/c1-23-13-19(24-2)14-25-12-18-9-8-17-7-6-15-4-3-5-16-10-11-20(18)22(17)21(15)16/h3-11,19H,12-14H2,1-2H3. The molecule has 0 saturated heterocycles. The van der Waals surface area contributed by atoms with Gasteiger partial charge < -0.3 is 14.2 Å². The summed E-state index contributed by atoms with van der Waals surface area (Å²) in [6.07, 6.45) is -0.0372. The van der Waals surface area contributed by atoms with Crippen LogP contribution in [0.15, 0.2) is 54.6 Å². The van der Waals surface area contributed by atoms with Gasteiger partial charge in [-0.05, 0) is 37.9 Å². The quantitative estimate of drug-likeness (QED) is 0.456. The smallest absolute Gasteiger partial charge is 0.104 e. The molecule has 0 radical (unpaired) electrons. The summed E-state index contributed by atoms with van der Waals surface area (Å²) in [5.41, 5.74) is 1.21. The molecule has 4 rings (SSSR count). The predicted molar refractivity (Wildman–Crippen MR) is 102 cm³/mol. The largest absolute Gasteiger partial charge is 0.382 e. The number of benzene rings is 4. The maximum Gasteiger partial charge on any atom is 0.104 e. The van der Waals surface area contributed by atoms with Crippen molar-refractivity contribution in [3.63, 3.8) is 0 Å². The lowest BCUT2D eigenvalue weighted by Crippen LogP contribution is -2.23. The van der Waals surface area contributed by atoms with E-state index in [0.717, 1.165) is 0 Å². The van der Waals surface area contributed by atoms with Gasteiger partial charge in [0, 0.05) is 14.2 Å². The molecule has 0 saturated carbocycles. The fraction of sp³-hybridized carbons (Fsp3) is 0.273. The van der Waals surface area contributed by atoms with Gasteiger partial charge in [-0.25, -0.2) is 0 Å². The van der Waals surface area contributed by atoms with Crippen molar-refractivity contribution in [3.05, 3.63) is 60.2 Å². The molecule has 4 aromatic carbocycles. The van der Waals surface area contributed by atoms with Crippen LogP contribution in [0.5, 0.6) is 0 Å². The highest BCUT2D eigenvalue weighted by Crippen LogP contribution is 2.36. The molecule has 3 nitrogen and oxygen atoms in total. The highest BCUT2D eigenvalue weighted by Gasteiger charge is 2.12. The third kappa shape index (κ3) is 2.95. The van der Waals surface area contributed by atoms with E-state index in [0.29, 0.717) is 19.8 Å². The molecule has 0 N–H and O–H groups in total. The van der Waals surface area contributed by atoms with Crippen LogP contribution in [0.25, 0.3) is 32.3 Å². The second-order valence-corrected chi connectivity index (χ2v) is 6.41. The van der Waals surface area contributed by atoms with Crippen LogP contribution < -0.4 is 0 Å². The summed E-state index contributed by atoms with van der Waals surface area (Å²) in [5.74, 6) is 0.